The zero-order chi connectivity index (χ0) is 17.4. The van der Waals surface area contributed by atoms with E-state index in [0.29, 0.717) is 5.56 Å². The summed E-state index contributed by atoms with van der Waals surface area (Å²) in [6.07, 6.45) is 3.41. The number of carbonyl (C=O) groups excluding carboxylic acids is 2. The zero-order valence-electron chi connectivity index (χ0n) is 13.9. The number of carbonyl (C=O) groups is 2. The molecule has 24 heavy (non-hydrogen) atoms. The highest BCUT2D eigenvalue weighted by Crippen LogP contribution is 2.13. The number of nitrogens with one attached hydrogen (secondary N) is 2. The summed E-state index contributed by atoms with van der Waals surface area (Å²) in [6, 6.07) is 12.8. The fraction of sp³-hybridized carbons (Fsp3) is 0.263. The largest absolute Gasteiger partial charge is 0.348 e. The number of hydrogen-bond donors (Lipinski definition) is 2. The minimum atomic E-state index is -0.293. The summed E-state index contributed by atoms with van der Waals surface area (Å²) in [5, 5.41) is 7.64. The second-order valence-electron chi connectivity index (χ2n) is 5.38. The summed E-state index contributed by atoms with van der Waals surface area (Å²) in [4.78, 5) is 25.9. The third-order valence-corrected chi connectivity index (χ3v) is 4.50. The third kappa shape index (κ3) is 5.06. The van der Waals surface area contributed by atoms with Crippen LogP contribution in [0.15, 0.2) is 53.5 Å². The lowest BCUT2D eigenvalue weighted by atomic mass is 10.1. The van der Waals surface area contributed by atoms with Gasteiger partial charge in [-0.1, -0.05) is 38.1 Å². The van der Waals surface area contributed by atoms with E-state index in [9.17, 15) is 9.59 Å². The summed E-state index contributed by atoms with van der Waals surface area (Å²) in [5.74, 6) is -0.556. The van der Waals surface area contributed by atoms with Crippen molar-refractivity contribution in [3.63, 3.8) is 0 Å². The van der Waals surface area contributed by atoms with Crippen molar-refractivity contribution in [1.29, 1.82) is 0 Å². The fourth-order valence-corrected chi connectivity index (χ4v) is 2.87. The van der Waals surface area contributed by atoms with Gasteiger partial charge in [0.1, 0.15) is 5.70 Å². The van der Waals surface area contributed by atoms with Gasteiger partial charge in [0.15, 0.2) is 0 Å². The second kappa shape index (κ2) is 9.03. The van der Waals surface area contributed by atoms with Gasteiger partial charge in [-0.15, -0.1) is 11.3 Å². The van der Waals surface area contributed by atoms with E-state index in [1.54, 1.807) is 30.3 Å². The lowest BCUT2D eigenvalue weighted by Gasteiger charge is -2.17. The minimum absolute atomic E-state index is 0.0952. The Kier molecular flexibility index (Phi) is 6.75. The molecule has 2 amide bonds. The van der Waals surface area contributed by atoms with Crippen LogP contribution in [-0.2, 0) is 4.79 Å². The number of amides is 2. The molecule has 0 aliphatic carbocycles. The molecule has 1 heterocycles. The fourth-order valence-electron chi connectivity index (χ4n) is 2.21. The lowest BCUT2D eigenvalue weighted by molar-refractivity contribution is -0.118. The molecule has 0 saturated carbocycles. The maximum Gasteiger partial charge on any atom is 0.268 e. The maximum absolute atomic E-state index is 12.6. The number of rotatable bonds is 7. The molecule has 0 bridgehead atoms. The van der Waals surface area contributed by atoms with Crippen molar-refractivity contribution in [1.82, 2.24) is 10.6 Å². The van der Waals surface area contributed by atoms with Crippen molar-refractivity contribution in [3.8, 4) is 0 Å². The Morgan fingerprint density at radius 3 is 2.38 bits per heavy atom. The minimum Gasteiger partial charge on any atom is -0.348 e. The van der Waals surface area contributed by atoms with Gasteiger partial charge in [-0.25, -0.2) is 0 Å². The SMILES string of the molecule is CCC(CC)NC(=O)/C(=C/c1cccs1)NC(=O)c1ccccc1. The van der Waals surface area contributed by atoms with Crippen molar-refractivity contribution in [2.75, 3.05) is 0 Å². The van der Waals surface area contributed by atoms with Crippen LogP contribution in [0.5, 0.6) is 0 Å². The molecule has 0 aliphatic heterocycles. The number of hydrogen-bond acceptors (Lipinski definition) is 3. The van der Waals surface area contributed by atoms with E-state index in [2.05, 4.69) is 10.6 Å². The van der Waals surface area contributed by atoms with Gasteiger partial charge < -0.3 is 10.6 Å². The molecule has 5 heteroatoms. The van der Waals surface area contributed by atoms with Crippen molar-refractivity contribution < 1.29 is 9.59 Å². The predicted molar refractivity (Wildman–Crippen MR) is 98.7 cm³/mol. The van der Waals surface area contributed by atoms with Gasteiger partial charge in [-0.2, -0.15) is 0 Å². The molecule has 0 saturated heterocycles. The first-order valence-corrected chi connectivity index (χ1v) is 8.94. The van der Waals surface area contributed by atoms with Gasteiger partial charge >= 0.3 is 0 Å². The quantitative estimate of drug-likeness (QED) is 0.752. The normalized spacial score (nSPS) is 11.4. The van der Waals surface area contributed by atoms with Gasteiger partial charge in [-0.3, -0.25) is 9.59 Å². The van der Waals surface area contributed by atoms with Crippen LogP contribution in [0.2, 0.25) is 0 Å². The van der Waals surface area contributed by atoms with Crippen LogP contribution in [0.4, 0.5) is 0 Å². The molecule has 0 spiro atoms. The molecule has 0 unspecified atom stereocenters. The molecular weight excluding hydrogens is 320 g/mol. The van der Waals surface area contributed by atoms with Crippen LogP contribution in [0.3, 0.4) is 0 Å². The third-order valence-electron chi connectivity index (χ3n) is 3.68. The zero-order valence-corrected chi connectivity index (χ0v) is 14.7. The van der Waals surface area contributed by atoms with Crippen LogP contribution in [0.1, 0.15) is 41.9 Å². The Labute approximate surface area is 146 Å². The summed E-state index contributed by atoms with van der Waals surface area (Å²) in [5.41, 5.74) is 0.781. The molecule has 2 rings (SSSR count). The lowest BCUT2D eigenvalue weighted by Crippen LogP contribution is -2.39. The van der Waals surface area contributed by atoms with E-state index in [4.69, 9.17) is 0 Å². The molecule has 2 N–H and O–H groups in total. The van der Waals surface area contributed by atoms with Gasteiger partial charge in [0.2, 0.25) is 0 Å². The van der Waals surface area contributed by atoms with Gasteiger partial charge in [0.25, 0.3) is 11.8 Å². The van der Waals surface area contributed by atoms with E-state index < -0.39 is 0 Å². The average molecular weight is 342 g/mol. The Hall–Kier alpha value is -2.40. The highest BCUT2D eigenvalue weighted by Gasteiger charge is 2.17. The Morgan fingerprint density at radius 1 is 1.08 bits per heavy atom. The summed E-state index contributed by atoms with van der Waals surface area (Å²) < 4.78 is 0. The standard InChI is InChI=1S/C19H22N2O2S/c1-3-15(4-2)20-19(23)17(13-16-11-8-12-24-16)21-18(22)14-9-6-5-7-10-14/h5-13,15H,3-4H2,1-2H3,(H,20,23)(H,21,22)/b17-13-. The Balaban J connectivity index is 2.20. The highest BCUT2D eigenvalue weighted by atomic mass is 32.1. The number of thiophene rings is 1. The smallest absolute Gasteiger partial charge is 0.268 e. The molecule has 1 aromatic carbocycles. The van der Waals surface area contributed by atoms with E-state index in [0.717, 1.165) is 17.7 Å². The van der Waals surface area contributed by atoms with Crippen molar-refractivity contribution in [3.05, 3.63) is 64.0 Å². The maximum atomic E-state index is 12.6. The van der Waals surface area contributed by atoms with Crippen LogP contribution in [0.25, 0.3) is 6.08 Å². The van der Waals surface area contributed by atoms with Gasteiger partial charge in [0.05, 0.1) is 0 Å². The highest BCUT2D eigenvalue weighted by molar-refractivity contribution is 7.10. The Bertz CT molecular complexity index is 689. The average Bonchev–Trinajstić information content (AvgIpc) is 3.12. The predicted octanol–water partition coefficient (Wildman–Crippen LogP) is 3.82. The molecule has 2 aromatic rings. The summed E-state index contributed by atoms with van der Waals surface area (Å²) in [6.45, 7) is 4.05. The summed E-state index contributed by atoms with van der Waals surface area (Å²) in [7, 11) is 0. The first kappa shape index (κ1) is 17.9. The molecule has 0 fully saturated rings. The van der Waals surface area contributed by atoms with Gasteiger partial charge in [0, 0.05) is 16.5 Å². The van der Waals surface area contributed by atoms with Crippen LogP contribution in [0, 0.1) is 0 Å². The Morgan fingerprint density at radius 2 is 1.79 bits per heavy atom. The first-order chi connectivity index (χ1) is 11.6. The number of benzene rings is 1. The van der Waals surface area contributed by atoms with E-state index in [1.165, 1.54) is 11.3 Å². The molecular formula is C19H22N2O2S. The van der Waals surface area contributed by atoms with E-state index >= 15 is 0 Å². The molecule has 4 nitrogen and oxygen atoms in total. The molecule has 1 aromatic heterocycles. The topological polar surface area (TPSA) is 58.2 Å². The van der Waals surface area contributed by atoms with E-state index in [1.807, 2.05) is 37.4 Å². The van der Waals surface area contributed by atoms with Crippen molar-refractivity contribution >= 4 is 29.2 Å². The van der Waals surface area contributed by atoms with E-state index in [-0.39, 0.29) is 23.6 Å². The molecule has 126 valence electrons. The first-order valence-electron chi connectivity index (χ1n) is 8.06. The second-order valence-corrected chi connectivity index (χ2v) is 6.36. The van der Waals surface area contributed by atoms with Crippen LogP contribution >= 0.6 is 11.3 Å². The van der Waals surface area contributed by atoms with Crippen LogP contribution < -0.4 is 10.6 Å². The molecule has 0 atom stereocenters. The summed E-state index contributed by atoms with van der Waals surface area (Å²) >= 11 is 1.51. The van der Waals surface area contributed by atoms with Crippen molar-refractivity contribution in [2.45, 2.75) is 32.7 Å². The van der Waals surface area contributed by atoms with Crippen molar-refractivity contribution in [2.24, 2.45) is 0 Å². The monoisotopic (exact) mass is 342 g/mol. The van der Waals surface area contributed by atoms with Crippen LogP contribution in [-0.4, -0.2) is 17.9 Å². The molecule has 0 radical (unpaired) electrons. The molecule has 0 aliphatic rings. The van der Waals surface area contributed by atoms with Gasteiger partial charge in [-0.05, 0) is 42.5 Å².